The number of aryl methyl sites for hydroxylation is 2. The molecule has 0 aliphatic heterocycles. The van der Waals surface area contributed by atoms with E-state index in [2.05, 4.69) is 0 Å². The largest absolute Gasteiger partial charge is 0.508 e. The monoisotopic (exact) mass is 223 g/mol. The van der Waals surface area contributed by atoms with Crippen molar-refractivity contribution in [2.45, 2.75) is 33.7 Å². The fourth-order valence-corrected chi connectivity index (χ4v) is 1.93. The van der Waals surface area contributed by atoms with Gasteiger partial charge in [-0.05, 0) is 42.7 Å². The fourth-order valence-electron chi connectivity index (χ4n) is 1.93. The van der Waals surface area contributed by atoms with Crippen molar-refractivity contribution in [2.24, 2.45) is 11.1 Å². The van der Waals surface area contributed by atoms with Gasteiger partial charge in [-0.25, -0.2) is 0 Å². The lowest BCUT2D eigenvalue weighted by Gasteiger charge is -2.32. The molecule has 1 atom stereocenters. The van der Waals surface area contributed by atoms with Crippen LogP contribution < -0.4 is 5.73 Å². The molecule has 0 heterocycles. The average molecular weight is 223 g/mol. The lowest BCUT2D eigenvalue weighted by atomic mass is 9.79. The molecule has 16 heavy (non-hydrogen) atoms. The molecule has 0 fully saturated rings. The second-order valence-corrected chi connectivity index (χ2v) is 5.12. The highest BCUT2D eigenvalue weighted by atomic mass is 16.3. The van der Waals surface area contributed by atoms with Crippen LogP contribution in [0, 0.1) is 19.3 Å². The minimum atomic E-state index is -0.369. The first-order valence-electron chi connectivity index (χ1n) is 5.46. The van der Waals surface area contributed by atoms with Gasteiger partial charge in [0.1, 0.15) is 5.75 Å². The van der Waals surface area contributed by atoms with E-state index in [0.717, 1.165) is 16.7 Å². The average Bonchev–Trinajstić information content (AvgIpc) is 2.15. The number of aliphatic hydroxyl groups is 1. The predicted molar refractivity (Wildman–Crippen MR) is 65.4 cm³/mol. The van der Waals surface area contributed by atoms with E-state index < -0.39 is 0 Å². The van der Waals surface area contributed by atoms with E-state index >= 15 is 0 Å². The van der Waals surface area contributed by atoms with E-state index in [1.54, 1.807) is 12.1 Å². The Balaban J connectivity index is 3.24. The molecule has 90 valence electrons. The number of nitrogens with two attached hydrogens (primary N) is 1. The minimum Gasteiger partial charge on any atom is -0.508 e. The third-order valence-corrected chi connectivity index (χ3v) is 3.14. The van der Waals surface area contributed by atoms with E-state index in [9.17, 15) is 10.2 Å². The number of phenols is 1. The van der Waals surface area contributed by atoms with Crippen LogP contribution in [0.2, 0.25) is 0 Å². The summed E-state index contributed by atoms with van der Waals surface area (Å²) in [6.07, 6.45) is 0. The normalized spacial score (nSPS) is 13.9. The maximum Gasteiger partial charge on any atom is 0.116 e. The van der Waals surface area contributed by atoms with Gasteiger partial charge in [0.15, 0.2) is 0 Å². The van der Waals surface area contributed by atoms with E-state index in [0.29, 0.717) is 0 Å². The third-order valence-electron chi connectivity index (χ3n) is 3.14. The molecule has 0 aliphatic rings. The molecule has 0 aliphatic carbocycles. The van der Waals surface area contributed by atoms with E-state index in [4.69, 9.17) is 5.73 Å². The molecule has 3 nitrogen and oxygen atoms in total. The highest BCUT2D eigenvalue weighted by molar-refractivity contribution is 5.42. The fraction of sp³-hybridized carbons (Fsp3) is 0.538. The summed E-state index contributed by atoms with van der Waals surface area (Å²) in [5, 5.41) is 18.8. The summed E-state index contributed by atoms with van der Waals surface area (Å²) in [5.41, 5.74) is 8.76. The molecule has 0 saturated heterocycles. The van der Waals surface area contributed by atoms with Crippen LogP contribution in [0.3, 0.4) is 0 Å². The number of aliphatic hydroxyl groups excluding tert-OH is 1. The second kappa shape index (κ2) is 4.44. The van der Waals surface area contributed by atoms with Gasteiger partial charge in [-0.2, -0.15) is 0 Å². The Labute approximate surface area is 96.9 Å². The molecule has 1 rings (SSSR count). The van der Waals surface area contributed by atoms with Crippen molar-refractivity contribution in [1.82, 2.24) is 0 Å². The lowest BCUT2D eigenvalue weighted by molar-refractivity contribution is 0.132. The smallest absolute Gasteiger partial charge is 0.116 e. The maximum atomic E-state index is 9.47. The number of rotatable bonds is 3. The Morgan fingerprint density at radius 1 is 1.25 bits per heavy atom. The SMILES string of the molecule is Cc1cc(O)cc(C)c1[C@H](N)C(C)(C)CO. The Kier molecular flexibility index (Phi) is 3.61. The lowest BCUT2D eigenvalue weighted by Crippen LogP contribution is -2.33. The molecule has 1 aromatic carbocycles. The van der Waals surface area contributed by atoms with Gasteiger partial charge in [0.2, 0.25) is 0 Å². The van der Waals surface area contributed by atoms with Gasteiger partial charge in [0, 0.05) is 18.1 Å². The van der Waals surface area contributed by atoms with Crippen LogP contribution >= 0.6 is 0 Å². The van der Waals surface area contributed by atoms with E-state index in [1.807, 2.05) is 27.7 Å². The molecular weight excluding hydrogens is 202 g/mol. The molecule has 3 heteroatoms. The summed E-state index contributed by atoms with van der Waals surface area (Å²) < 4.78 is 0. The Bertz CT molecular complexity index is 363. The first kappa shape index (κ1) is 13.0. The van der Waals surface area contributed by atoms with Gasteiger partial charge in [0.05, 0.1) is 0 Å². The van der Waals surface area contributed by atoms with Gasteiger partial charge in [-0.1, -0.05) is 13.8 Å². The van der Waals surface area contributed by atoms with Crippen LogP contribution in [0.1, 0.15) is 36.6 Å². The first-order valence-corrected chi connectivity index (χ1v) is 5.46. The molecule has 0 radical (unpaired) electrons. The summed E-state index contributed by atoms with van der Waals surface area (Å²) in [6.45, 7) is 7.76. The van der Waals surface area contributed by atoms with Crippen molar-refractivity contribution in [2.75, 3.05) is 6.61 Å². The van der Waals surface area contributed by atoms with Crippen LogP contribution in [0.4, 0.5) is 0 Å². The van der Waals surface area contributed by atoms with E-state index in [-0.39, 0.29) is 23.8 Å². The highest BCUT2D eigenvalue weighted by Gasteiger charge is 2.29. The van der Waals surface area contributed by atoms with Crippen LogP contribution in [0.15, 0.2) is 12.1 Å². The van der Waals surface area contributed by atoms with Gasteiger partial charge < -0.3 is 15.9 Å². The van der Waals surface area contributed by atoms with Crippen LogP contribution in [-0.4, -0.2) is 16.8 Å². The molecular formula is C13H21NO2. The zero-order chi connectivity index (χ0) is 12.5. The molecule has 4 N–H and O–H groups in total. The van der Waals surface area contributed by atoms with Crippen molar-refractivity contribution in [1.29, 1.82) is 0 Å². The maximum absolute atomic E-state index is 9.47. The summed E-state index contributed by atoms with van der Waals surface area (Å²) in [4.78, 5) is 0. The topological polar surface area (TPSA) is 66.5 Å². The van der Waals surface area contributed by atoms with Crippen molar-refractivity contribution >= 4 is 0 Å². The van der Waals surface area contributed by atoms with Gasteiger partial charge in [0.25, 0.3) is 0 Å². The van der Waals surface area contributed by atoms with Crippen molar-refractivity contribution < 1.29 is 10.2 Å². The summed E-state index contributed by atoms with van der Waals surface area (Å²) >= 11 is 0. The molecule has 0 spiro atoms. The number of aromatic hydroxyl groups is 1. The van der Waals surface area contributed by atoms with Crippen molar-refractivity contribution in [3.63, 3.8) is 0 Å². The van der Waals surface area contributed by atoms with Crippen LogP contribution in [0.25, 0.3) is 0 Å². The standard InChI is InChI=1S/C13H21NO2/c1-8-5-10(16)6-9(2)11(8)12(14)13(3,4)7-15/h5-6,12,15-16H,7,14H2,1-4H3/t12-/m0/s1. The zero-order valence-corrected chi connectivity index (χ0v) is 10.4. The third kappa shape index (κ3) is 2.36. The number of phenolic OH excluding ortho intramolecular Hbond substituents is 1. The second-order valence-electron chi connectivity index (χ2n) is 5.12. The molecule has 0 saturated carbocycles. The molecule has 0 unspecified atom stereocenters. The molecule has 0 bridgehead atoms. The van der Waals surface area contributed by atoms with Crippen LogP contribution in [0.5, 0.6) is 5.75 Å². The Hall–Kier alpha value is -1.06. The zero-order valence-electron chi connectivity index (χ0n) is 10.4. The number of hydrogen-bond donors (Lipinski definition) is 3. The predicted octanol–water partition coefficient (Wildman–Crippen LogP) is 2.03. The minimum absolute atomic E-state index is 0.0356. The first-order chi connectivity index (χ1) is 7.29. The Morgan fingerprint density at radius 3 is 2.06 bits per heavy atom. The summed E-state index contributed by atoms with van der Waals surface area (Å²) in [7, 11) is 0. The molecule has 1 aromatic rings. The molecule has 0 amide bonds. The molecule has 0 aromatic heterocycles. The van der Waals surface area contributed by atoms with Gasteiger partial charge in [-0.15, -0.1) is 0 Å². The number of benzene rings is 1. The van der Waals surface area contributed by atoms with Crippen molar-refractivity contribution in [3.05, 3.63) is 28.8 Å². The summed E-state index contributed by atoms with van der Waals surface area (Å²) in [6, 6.07) is 3.17. The van der Waals surface area contributed by atoms with Crippen LogP contribution in [-0.2, 0) is 0 Å². The Morgan fingerprint density at radius 2 is 1.69 bits per heavy atom. The van der Waals surface area contributed by atoms with Crippen molar-refractivity contribution in [3.8, 4) is 5.75 Å². The highest BCUT2D eigenvalue weighted by Crippen LogP contribution is 2.35. The van der Waals surface area contributed by atoms with E-state index in [1.165, 1.54) is 0 Å². The van der Waals surface area contributed by atoms with Gasteiger partial charge >= 0.3 is 0 Å². The van der Waals surface area contributed by atoms with Gasteiger partial charge in [-0.3, -0.25) is 0 Å². The quantitative estimate of drug-likeness (QED) is 0.734. The number of hydrogen-bond acceptors (Lipinski definition) is 3. The summed E-state index contributed by atoms with van der Waals surface area (Å²) in [5.74, 6) is 0.257.